The zero-order chi connectivity index (χ0) is 9.30. The summed E-state index contributed by atoms with van der Waals surface area (Å²) in [7, 11) is 0. The molecule has 0 atom stereocenters. The average Bonchev–Trinajstić information content (AvgIpc) is 2.27. The van der Waals surface area contributed by atoms with Crippen molar-refractivity contribution in [3.63, 3.8) is 0 Å². The molecule has 0 bridgehead atoms. The quantitative estimate of drug-likeness (QED) is 0.629. The molecule has 0 saturated carbocycles. The van der Waals surface area contributed by atoms with Gasteiger partial charge in [0, 0.05) is 11.7 Å². The van der Waals surface area contributed by atoms with E-state index in [4.69, 9.17) is 0 Å². The number of aldehydes is 1. The lowest BCUT2D eigenvalue weighted by molar-refractivity contribution is 0.112. The van der Waals surface area contributed by atoms with Crippen LogP contribution in [0.5, 0.6) is 0 Å². The van der Waals surface area contributed by atoms with Crippen LogP contribution in [0.3, 0.4) is 0 Å². The monoisotopic (exact) mass is 166 g/mol. The molecular formula is C9H14N2O. The molecule has 1 aromatic rings. The highest BCUT2D eigenvalue weighted by atomic mass is 16.1. The van der Waals surface area contributed by atoms with E-state index in [0.717, 1.165) is 23.2 Å². The lowest BCUT2D eigenvalue weighted by Gasteiger charge is -2.07. The first-order chi connectivity index (χ1) is 5.57. The van der Waals surface area contributed by atoms with Crippen molar-refractivity contribution in [2.45, 2.75) is 33.7 Å². The van der Waals surface area contributed by atoms with Crippen molar-refractivity contribution in [2.24, 2.45) is 0 Å². The summed E-state index contributed by atoms with van der Waals surface area (Å²) < 4.78 is 1.87. The minimum Gasteiger partial charge on any atom is -0.298 e. The molecular weight excluding hydrogens is 152 g/mol. The van der Waals surface area contributed by atoms with Gasteiger partial charge in [-0.1, -0.05) is 0 Å². The van der Waals surface area contributed by atoms with Crippen LogP contribution in [0.4, 0.5) is 0 Å². The third-order valence-electron chi connectivity index (χ3n) is 1.99. The van der Waals surface area contributed by atoms with Gasteiger partial charge in [-0.3, -0.25) is 9.48 Å². The lowest BCUT2D eigenvalue weighted by Crippen LogP contribution is -2.05. The van der Waals surface area contributed by atoms with E-state index in [1.807, 2.05) is 32.4 Å². The normalized spacial score (nSPS) is 10.8. The van der Waals surface area contributed by atoms with Crippen LogP contribution in [0.2, 0.25) is 0 Å². The van der Waals surface area contributed by atoms with Crippen LogP contribution in [0.15, 0.2) is 0 Å². The van der Waals surface area contributed by atoms with Gasteiger partial charge in [-0.15, -0.1) is 0 Å². The Bertz CT molecular complexity index is 300. The molecule has 0 aliphatic heterocycles. The number of aryl methyl sites for hydroxylation is 1. The summed E-state index contributed by atoms with van der Waals surface area (Å²) in [5, 5.41) is 4.27. The standard InChI is InChI=1S/C9H14N2O/c1-6(2)11-8(4)9(5-12)7(3)10-11/h5-6H,1-4H3. The first-order valence-electron chi connectivity index (χ1n) is 4.08. The average molecular weight is 166 g/mol. The van der Waals surface area contributed by atoms with Gasteiger partial charge in [-0.05, 0) is 27.7 Å². The molecule has 0 saturated heterocycles. The molecule has 0 spiro atoms. The molecule has 0 unspecified atom stereocenters. The van der Waals surface area contributed by atoms with Gasteiger partial charge in [0.25, 0.3) is 0 Å². The van der Waals surface area contributed by atoms with Crippen molar-refractivity contribution in [3.8, 4) is 0 Å². The van der Waals surface area contributed by atoms with Gasteiger partial charge < -0.3 is 0 Å². The van der Waals surface area contributed by atoms with Gasteiger partial charge >= 0.3 is 0 Å². The van der Waals surface area contributed by atoms with E-state index in [1.165, 1.54) is 0 Å². The third-order valence-corrected chi connectivity index (χ3v) is 1.99. The molecule has 66 valence electrons. The van der Waals surface area contributed by atoms with E-state index < -0.39 is 0 Å². The van der Waals surface area contributed by atoms with Gasteiger partial charge in [0.1, 0.15) is 0 Å². The number of aromatic nitrogens is 2. The SMILES string of the molecule is Cc1nn(C(C)C)c(C)c1C=O. The molecule has 1 heterocycles. The van der Waals surface area contributed by atoms with E-state index in [0.29, 0.717) is 6.04 Å². The van der Waals surface area contributed by atoms with Crippen LogP contribution in [0.25, 0.3) is 0 Å². The van der Waals surface area contributed by atoms with Crippen molar-refractivity contribution in [1.82, 2.24) is 9.78 Å². The second-order valence-electron chi connectivity index (χ2n) is 3.24. The molecule has 12 heavy (non-hydrogen) atoms. The largest absolute Gasteiger partial charge is 0.298 e. The maximum atomic E-state index is 10.6. The summed E-state index contributed by atoms with van der Waals surface area (Å²) >= 11 is 0. The van der Waals surface area contributed by atoms with Gasteiger partial charge in [0.15, 0.2) is 6.29 Å². The predicted molar refractivity (Wildman–Crippen MR) is 47.5 cm³/mol. The zero-order valence-electron chi connectivity index (χ0n) is 7.96. The van der Waals surface area contributed by atoms with Crippen molar-refractivity contribution in [2.75, 3.05) is 0 Å². The summed E-state index contributed by atoms with van der Waals surface area (Å²) in [6.45, 7) is 7.88. The molecule has 1 rings (SSSR count). The maximum Gasteiger partial charge on any atom is 0.153 e. The number of carbonyl (C=O) groups excluding carboxylic acids is 1. The fourth-order valence-corrected chi connectivity index (χ4v) is 1.35. The van der Waals surface area contributed by atoms with Gasteiger partial charge in [0.05, 0.1) is 11.3 Å². The Hall–Kier alpha value is -1.12. The minimum absolute atomic E-state index is 0.317. The summed E-state index contributed by atoms with van der Waals surface area (Å²) in [6, 6.07) is 0.317. The van der Waals surface area contributed by atoms with Crippen LogP contribution >= 0.6 is 0 Å². The highest BCUT2D eigenvalue weighted by Gasteiger charge is 2.11. The Morgan fingerprint density at radius 1 is 1.42 bits per heavy atom. The Morgan fingerprint density at radius 3 is 2.25 bits per heavy atom. The highest BCUT2D eigenvalue weighted by molar-refractivity contribution is 5.78. The van der Waals surface area contributed by atoms with Gasteiger partial charge in [0.2, 0.25) is 0 Å². The summed E-state index contributed by atoms with van der Waals surface area (Å²) in [6.07, 6.45) is 0.872. The van der Waals surface area contributed by atoms with Crippen molar-refractivity contribution in [1.29, 1.82) is 0 Å². The molecule has 0 radical (unpaired) electrons. The Morgan fingerprint density at radius 2 is 2.00 bits per heavy atom. The topological polar surface area (TPSA) is 34.9 Å². The van der Waals surface area contributed by atoms with Crippen LogP contribution in [-0.4, -0.2) is 16.1 Å². The Kier molecular flexibility index (Phi) is 2.31. The van der Waals surface area contributed by atoms with E-state index in [2.05, 4.69) is 5.10 Å². The fraction of sp³-hybridized carbons (Fsp3) is 0.556. The Labute approximate surface area is 72.4 Å². The number of hydrogen-bond donors (Lipinski definition) is 0. The lowest BCUT2D eigenvalue weighted by atomic mass is 10.2. The second-order valence-corrected chi connectivity index (χ2v) is 3.24. The molecule has 0 fully saturated rings. The second kappa shape index (κ2) is 3.09. The first-order valence-corrected chi connectivity index (χ1v) is 4.08. The minimum atomic E-state index is 0.317. The third kappa shape index (κ3) is 1.26. The number of hydrogen-bond acceptors (Lipinski definition) is 2. The first kappa shape index (κ1) is 8.97. The van der Waals surface area contributed by atoms with Gasteiger partial charge in [-0.2, -0.15) is 5.10 Å². The van der Waals surface area contributed by atoms with E-state index in [-0.39, 0.29) is 0 Å². The van der Waals surface area contributed by atoms with Crippen LogP contribution in [-0.2, 0) is 0 Å². The maximum absolute atomic E-state index is 10.6. The van der Waals surface area contributed by atoms with Crippen LogP contribution in [0, 0.1) is 13.8 Å². The van der Waals surface area contributed by atoms with E-state index in [1.54, 1.807) is 0 Å². The molecule has 0 amide bonds. The smallest absolute Gasteiger partial charge is 0.153 e. The van der Waals surface area contributed by atoms with Crippen LogP contribution in [0.1, 0.15) is 41.6 Å². The number of carbonyl (C=O) groups is 1. The molecule has 0 aliphatic carbocycles. The van der Waals surface area contributed by atoms with Crippen molar-refractivity contribution < 1.29 is 4.79 Å². The van der Waals surface area contributed by atoms with Crippen molar-refractivity contribution in [3.05, 3.63) is 17.0 Å². The summed E-state index contributed by atoms with van der Waals surface area (Å²) in [5.74, 6) is 0. The molecule has 3 heteroatoms. The van der Waals surface area contributed by atoms with Crippen molar-refractivity contribution >= 4 is 6.29 Å². The Balaban J connectivity index is 3.26. The molecule has 0 N–H and O–H groups in total. The highest BCUT2D eigenvalue weighted by Crippen LogP contribution is 2.14. The van der Waals surface area contributed by atoms with Gasteiger partial charge in [-0.25, -0.2) is 0 Å². The molecule has 0 aliphatic rings. The predicted octanol–water partition coefficient (Wildman–Crippen LogP) is 1.89. The number of nitrogens with zero attached hydrogens (tertiary/aromatic N) is 2. The van der Waals surface area contributed by atoms with E-state index >= 15 is 0 Å². The van der Waals surface area contributed by atoms with E-state index in [9.17, 15) is 4.79 Å². The fourth-order valence-electron chi connectivity index (χ4n) is 1.35. The molecule has 1 aromatic heterocycles. The summed E-state index contributed by atoms with van der Waals surface area (Å²) in [5.41, 5.74) is 2.50. The zero-order valence-corrected chi connectivity index (χ0v) is 7.96. The number of rotatable bonds is 2. The molecule has 0 aromatic carbocycles. The summed E-state index contributed by atoms with van der Waals surface area (Å²) in [4.78, 5) is 10.6. The molecule has 3 nitrogen and oxygen atoms in total. The van der Waals surface area contributed by atoms with Crippen LogP contribution < -0.4 is 0 Å².